The molecule has 0 saturated carbocycles. The lowest BCUT2D eigenvalue weighted by Crippen LogP contribution is -2.32. The number of hydrogen-bond acceptors (Lipinski definition) is 5. The van der Waals surface area contributed by atoms with Gasteiger partial charge in [-0.3, -0.25) is 4.57 Å². The summed E-state index contributed by atoms with van der Waals surface area (Å²) in [5, 5.41) is 12.0. The first kappa shape index (κ1) is 30.3. The Morgan fingerprint density at radius 1 is 0.795 bits per heavy atom. The Labute approximate surface area is 268 Å². The van der Waals surface area contributed by atoms with E-state index in [2.05, 4.69) is 14.9 Å². The lowest BCUT2D eigenvalue weighted by Gasteiger charge is -2.21. The first-order valence-corrected chi connectivity index (χ1v) is 16.8. The van der Waals surface area contributed by atoms with Crippen LogP contribution in [-0.4, -0.2) is 23.2 Å². The maximum absolute atomic E-state index is 13.9. The number of nitrogens with one attached hydrogen (secondary N) is 1. The van der Waals surface area contributed by atoms with E-state index in [0.717, 1.165) is 21.9 Å². The Bertz CT molecular complexity index is 2040. The van der Waals surface area contributed by atoms with Crippen molar-refractivity contribution in [2.75, 3.05) is 0 Å². The fourth-order valence-corrected chi connectivity index (χ4v) is 7.47. The molecule has 0 amide bonds. The van der Waals surface area contributed by atoms with Crippen molar-refractivity contribution in [2.24, 2.45) is 0 Å². The van der Waals surface area contributed by atoms with Gasteiger partial charge >= 0.3 is 0 Å². The van der Waals surface area contributed by atoms with Crippen molar-refractivity contribution >= 4 is 55.8 Å². The summed E-state index contributed by atoms with van der Waals surface area (Å²) in [5.74, 6) is 0.499. The van der Waals surface area contributed by atoms with E-state index in [-0.39, 0.29) is 10.7 Å². The summed E-state index contributed by atoms with van der Waals surface area (Å²) in [4.78, 5) is 0.135. The van der Waals surface area contributed by atoms with Crippen molar-refractivity contribution in [3.05, 3.63) is 148 Å². The molecule has 0 aliphatic carbocycles. The smallest absolute Gasteiger partial charge is 0.241 e. The van der Waals surface area contributed by atoms with Crippen molar-refractivity contribution in [3.63, 3.8) is 0 Å². The van der Waals surface area contributed by atoms with Crippen molar-refractivity contribution in [2.45, 2.75) is 28.3 Å². The van der Waals surface area contributed by atoms with Gasteiger partial charge in [0.05, 0.1) is 21.6 Å². The minimum atomic E-state index is -4.01. The minimum absolute atomic E-state index is 0.135. The maximum Gasteiger partial charge on any atom is 0.241 e. The number of thioether (sulfide) groups is 1. The predicted molar refractivity (Wildman–Crippen MR) is 174 cm³/mol. The van der Waals surface area contributed by atoms with Crippen LogP contribution in [0.4, 0.5) is 4.39 Å². The zero-order chi connectivity index (χ0) is 30.7. The van der Waals surface area contributed by atoms with Crippen LogP contribution in [0, 0.1) is 5.82 Å². The average Bonchev–Trinajstić information content (AvgIpc) is 3.44. The number of sulfonamides is 1. The molecule has 0 spiro atoms. The Kier molecular flexibility index (Phi) is 9.02. The third-order valence-corrected chi connectivity index (χ3v) is 10.0. The average molecular weight is 664 g/mol. The molecule has 1 aromatic heterocycles. The van der Waals surface area contributed by atoms with Gasteiger partial charge in [0.25, 0.3) is 0 Å². The molecular formula is C33H25Cl2FN4O2S2. The fourth-order valence-electron chi connectivity index (χ4n) is 4.84. The van der Waals surface area contributed by atoms with Crippen LogP contribution in [0.3, 0.4) is 0 Å². The van der Waals surface area contributed by atoms with Crippen molar-refractivity contribution < 1.29 is 12.8 Å². The van der Waals surface area contributed by atoms with E-state index in [4.69, 9.17) is 23.2 Å². The third kappa shape index (κ3) is 6.82. The quantitative estimate of drug-likeness (QED) is 0.149. The first-order chi connectivity index (χ1) is 21.3. The second-order valence-corrected chi connectivity index (χ2v) is 13.6. The molecule has 6 nitrogen and oxygen atoms in total. The van der Waals surface area contributed by atoms with Crippen molar-refractivity contribution in [1.82, 2.24) is 19.5 Å². The van der Waals surface area contributed by atoms with Gasteiger partial charge in [-0.1, -0.05) is 108 Å². The summed E-state index contributed by atoms with van der Waals surface area (Å²) in [6, 6.07) is 32.6. The van der Waals surface area contributed by atoms with Crippen LogP contribution < -0.4 is 4.72 Å². The topological polar surface area (TPSA) is 76.9 Å². The molecule has 5 aromatic carbocycles. The third-order valence-electron chi connectivity index (χ3n) is 7.01. The van der Waals surface area contributed by atoms with Gasteiger partial charge in [0.2, 0.25) is 10.0 Å². The summed E-state index contributed by atoms with van der Waals surface area (Å²) in [7, 11) is -4.01. The summed E-state index contributed by atoms with van der Waals surface area (Å²) in [5.41, 5.74) is 2.32. The van der Waals surface area contributed by atoms with Crippen LogP contribution in [0.1, 0.15) is 23.0 Å². The van der Waals surface area contributed by atoms with Crippen LogP contribution >= 0.6 is 35.0 Å². The molecule has 1 heterocycles. The van der Waals surface area contributed by atoms with Crippen LogP contribution in [0.5, 0.6) is 0 Å². The molecule has 11 heteroatoms. The standard InChI is InChI=1S/C33H25Cl2FN4O2S2/c34-26-13-17-31(29(35)20-26)40-32(37-38-33(40)43-21-23-10-14-27(36)15-11-23)30(18-22-6-2-1-3-7-22)39-44(41,42)28-16-12-24-8-4-5-9-25(24)19-28/h1-17,19-20,30,39H,18,21H2. The fraction of sp³-hybridized carbons (Fsp3) is 0.0909. The van der Waals surface area contributed by atoms with Gasteiger partial charge in [-0.05, 0) is 70.8 Å². The summed E-state index contributed by atoms with van der Waals surface area (Å²) >= 11 is 14.3. The van der Waals surface area contributed by atoms with Crippen molar-refractivity contribution in [3.8, 4) is 5.69 Å². The van der Waals surface area contributed by atoms with E-state index >= 15 is 0 Å². The number of rotatable bonds is 10. The van der Waals surface area contributed by atoms with Gasteiger partial charge in [0.15, 0.2) is 11.0 Å². The van der Waals surface area contributed by atoms with E-state index in [9.17, 15) is 12.8 Å². The normalized spacial score (nSPS) is 12.4. The summed E-state index contributed by atoms with van der Waals surface area (Å²) < 4.78 is 46.0. The summed E-state index contributed by atoms with van der Waals surface area (Å²) in [6.45, 7) is 0. The van der Waals surface area contributed by atoms with Gasteiger partial charge in [0.1, 0.15) is 5.82 Å². The summed E-state index contributed by atoms with van der Waals surface area (Å²) in [6.07, 6.45) is 0.291. The Balaban J connectivity index is 1.44. The van der Waals surface area contributed by atoms with Gasteiger partial charge < -0.3 is 0 Å². The SMILES string of the molecule is O=S(=O)(NC(Cc1ccccc1)c1nnc(SCc2ccc(F)cc2)n1-c1ccc(Cl)cc1Cl)c1ccc2ccccc2c1. The number of aromatic nitrogens is 3. The highest BCUT2D eigenvalue weighted by atomic mass is 35.5. The van der Waals surface area contributed by atoms with Crippen LogP contribution in [-0.2, 0) is 22.2 Å². The highest BCUT2D eigenvalue weighted by Gasteiger charge is 2.29. The van der Waals surface area contributed by atoms with Gasteiger partial charge in [-0.2, -0.15) is 0 Å². The van der Waals surface area contributed by atoms with E-state index < -0.39 is 16.1 Å². The number of benzene rings is 5. The zero-order valence-corrected chi connectivity index (χ0v) is 26.2. The predicted octanol–water partition coefficient (Wildman–Crippen LogP) is 8.42. The van der Waals surface area contributed by atoms with E-state index in [1.165, 1.54) is 23.9 Å². The van der Waals surface area contributed by atoms with E-state index in [1.54, 1.807) is 53.1 Å². The Morgan fingerprint density at radius 2 is 1.52 bits per heavy atom. The highest BCUT2D eigenvalue weighted by Crippen LogP contribution is 2.34. The number of halogens is 3. The van der Waals surface area contributed by atoms with Gasteiger partial charge in [-0.25, -0.2) is 17.5 Å². The molecule has 1 unspecified atom stereocenters. The van der Waals surface area contributed by atoms with Gasteiger partial charge in [-0.15, -0.1) is 10.2 Å². The zero-order valence-electron chi connectivity index (χ0n) is 23.1. The Hall–Kier alpha value is -3.73. The van der Waals surface area contributed by atoms with E-state index in [1.807, 2.05) is 54.6 Å². The molecule has 0 aliphatic heterocycles. The molecule has 1 N–H and O–H groups in total. The lowest BCUT2D eigenvalue weighted by atomic mass is 10.1. The molecule has 0 aliphatic rings. The molecule has 6 aromatic rings. The molecule has 6 rings (SSSR count). The lowest BCUT2D eigenvalue weighted by molar-refractivity contribution is 0.537. The molecule has 0 fully saturated rings. The molecule has 1 atom stereocenters. The molecule has 0 saturated heterocycles. The van der Waals surface area contributed by atoms with E-state index in [0.29, 0.717) is 38.9 Å². The van der Waals surface area contributed by atoms with Crippen LogP contribution in [0.2, 0.25) is 10.0 Å². The second kappa shape index (κ2) is 13.1. The number of nitrogens with zero attached hydrogens (tertiary/aromatic N) is 3. The number of fused-ring (bicyclic) bond motifs is 1. The maximum atomic E-state index is 13.9. The first-order valence-electron chi connectivity index (χ1n) is 13.6. The monoisotopic (exact) mass is 662 g/mol. The number of hydrogen-bond donors (Lipinski definition) is 1. The van der Waals surface area contributed by atoms with Gasteiger partial charge in [0, 0.05) is 10.8 Å². The largest absolute Gasteiger partial charge is 0.271 e. The molecule has 222 valence electrons. The second-order valence-electron chi connectivity index (χ2n) is 10.1. The highest BCUT2D eigenvalue weighted by molar-refractivity contribution is 7.98. The van der Waals surface area contributed by atoms with Crippen molar-refractivity contribution in [1.29, 1.82) is 0 Å². The minimum Gasteiger partial charge on any atom is -0.271 e. The molecule has 44 heavy (non-hydrogen) atoms. The van der Waals surface area contributed by atoms with Crippen LogP contribution in [0.15, 0.2) is 125 Å². The van der Waals surface area contributed by atoms with Crippen LogP contribution in [0.25, 0.3) is 16.5 Å². The molecular weight excluding hydrogens is 638 g/mol. The Morgan fingerprint density at radius 3 is 2.27 bits per heavy atom. The molecule has 0 bridgehead atoms. The molecule has 0 radical (unpaired) electrons.